The molecule has 1 amide bonds. The minimum absolute atomic E-state index is 0.139. The van der Waals surface area contributed by atoms with Gasteiger partial charge in [0.1, 0.15) is 11.5 Å². The second-order valence-corrected chi connectivity index (χ2v) is 6.25. The summed E-state index contributed by atoms with van der Waals surface area (Å²) in [6.45, 7) is 5.65. The number of rotatable bonds is 2. The molecule has 0 radical (unpaired) electrons. The molecule has 21 heavy (non-hydrogen) atoms. The van der Waals surface area contributed by atoms with Gasteiger partial charge in [0.05, 0.1) is 13.2 Å². The molecule has 2 aliphatic rings. The number of aryl methyl sites for hydroxylation is 1. The predicted molar refractivity (Wildman–Crippen MR) is 78.9 cm³/mol. The van der Waals surface area contributed by atoms with Gasteiger partial charge in [-0.05, 0) is 38.3 Å². The first-order valence-corrected chi connectivity index (χ1v) is 7.76. The molecule has 1 spiro atoms. The van der Waals surface area contributed by atoms with Crippen molar-refractivity contribution in [3.63, 3.8) is 0 Å². The second-order valence-electron chi connectivity index (χ2n) is 6.25. The molecule has 0 saturated carbocycles. The highest BCUT2D eigenvalue weighted by atomic mass is 16.5. The molecule has 1 aromatic heterocycles. The molecular formula is C16H24N2O3. The van der Waals surface area contributed by atoms with Gasteiger partial charge in [-0.15, -0.1) is 0 Å². The van der Waals surface area contributed by atoms with Crippen LogP contribution in [0.25, 0.3) is 0 Å². The Labute approximate surface area is 125 Å². The van der Waals surface area contributed by atoms with Gasteiger partial charge in [0, 0.05) is 26.7 Å². The van der Waals surface area contributed by atoms with E-state index in [0.717, 1.165) is 50.4 Å². The Morgan fingerprint density at radius 2 is 2.14 bits per heavy atom. The summed E-state index contributed by atoms with van der Waals surface area (Å²) in [5.41, 5.74) is -0.648. The van der Waals surface area contributed by atoms with Crippen molar-refractivity contribution in [3.05, 3.63) is 23.7 Å². The van der Waals surface area contributed by atoms with Crippen LogP contribution in [0.15, 0.2) is 16.5 Å². The molecule has 2 fully saturated rings. The van der Waals surface area contributed by atoms with Crippen LogP contribution in [0.1, 0.15) is 30.8 Å². The van der Waals surface area contributed by atoms with Crippen LogP contribution < -0.4 is 0 Å². The molecular weight excluding hydrogens is 268 g/mol. The van der Waals surface area contributed by atoms with E-state index in [9.17, 15) is 4.79 Å². The summed E-state index contributed by atoms with van der Waals surface area (Å²) in [7, 11) is 1.88. The van der Waals surface area contributed by atoms with E-state index in [4.69, 9.17) is 9.15 Å². The topological polar surface area (TPSA) is 45.9 Å². The lowest BCUT2D eigenvalue weighted by Crippen LogP contribution is -2.59. The smallest absolute Gasteiger partial charge is 0.255 e. The van der Waals surface area contributed by atoms with E-state index in [1.165, 1.54) is 0 Å². The monoisotopic (exact) mass is 292 g/mol. The third kappa shape index (κ3) is 2.99. The van der Waals surface area contributed by atoms with Crippen LogP contribution in [-0.4, -0.2) is 54.6 Å². The van der Waals surface area contributed by atoms with Crippen molar-refractivity contribution >= 4 is 5.91 Å². The minimum Gasteiger partial charge on any atom is -0.465 e. The number of amides is 1. The van der Waals surface area contributed by atoms with Gasteiger partial charge in [-0.25, -0.2) is 0 Å². The Hall–Kier alpha value is -1.33. The number of likely N-dealkylation sites (tertiary alicyclic amines) is 1. The van der Waals surface area contributed by atoms with Crippen molar-refractivity contribution in [2.45, 2.75) is 38.3 Å². The van der Waals surface area contributed by atoms with Crippen molar-refractivity contribution < 1.29 is 13.9 Å². The third-order valence-corrected chi connectivity index (χ3v) is 4.50. The van der Waals surface area contributed by atoms with Crippen LogP contribution in [0, 0.1) is 6.92 Å². The maximum atomic E-state index is 12.7. The fourth-order valence-electron chi connectivity index (χ4n) is 3.38. The number of hydrogen-bond donors (Lipinski definition) is 0. The molecule has 3 rings (SSSR count). The van der Waals surface area contributed by atoms with Crippen LogP contribution in [0.5, 0.6) is 0 Å². The molecule has 116 valence electrons. The number of carbonyl (C=O) groups excluding carboxylic acids is 1. The number of furan rings is 1. The number of nitrogens with zero attached hydrogens (tertiary/aromatic N) is 2. The van der Waals surface area contributed by atoms with Crippen LogP contribution in [0.3, 0.4) is 0 Å². The summed E-state index contributed by atoms with van der Waals surface area (Å²) in [5, 5.41) is 0. The van der Waals surface area contributed by atoms with Crippen molar-refractivity contribution in [1.82, 2.24) is 9.80 Å². The fourth-order valence-corrected chi connectivity index (χ4v) is 3.38. The molecule has 5 nitrogen and oxygen atoms in total. The van der Waals surface area contributed by atoms with Gasteiger partial charge in [-0.1, -0.05) is 0 Å². The largest absolute Gasteiger partial charge is 0.465 e. The highest BCUT2D eigenvalue weighted by molar-refractivity contribution is 5.85. The van der Waals surface area contributed by atoms with E-state index in [1.807, 2.05) is 31.0 Å². The first-order valence-electron chi connectivity index (χ1n) is 7.76. The van der Waals surface area contributed by atoms with Gasteiger partial charge in [-0.3, -0.25) is 9.69 Å². The van der Waals surface area contributed by atoms with E-state index >= 15 is 0 Å². The summed E-state index contributed by atoms with van der Waals surface area (Å²) in [5.74, 6) is 2.03. The molecule has 1 unspecified atom stereocenters. The molecule has 2 saturated heterocycles. The zero-order valence-electron chi connectivity index (χ0n) is 12.9. The Morgan fingerprint density at radius 3 is 2.90 bits per heavy atom. The number of ether oxygens (including phenoxy) is 1. The van der Waals surface area contributed by atoms with Crippen molar-refractivity contribution in [2.75, 3.05) is 33.3 Å². The number of carbonyl (C=O) groups is 1. The SMILES string of the molecule is Cc1ccc(CN2CCOC3(CCCCN(C)C3=O)C2)o1. The molecule has 1 aromatic rings. The molecule has 0 aliphatic carbocycles. The number of morpholine rings is 1. The predicted octanol–water partition coefficient (Wildman–Crippen LogP) is 1.80. The molecule has 5 heteroatoms. The van der Waals surface area contributed by atoms with Crippen LogP contribution in [0.4, 0.5) is 0 Å². The summed E-state index contributed by atoms with van der Waals surface area (Å²) in [6, 6.07) is 3.99. The van der Waals surface area contributed by atoms with Crippen molar-refractivity contribution in [1.29, 1.82) is 0 Å². The second kappa shape index (κ2) is 5.81. The van der Waals surface area contributed by atoms with Crippen LogP contribution in [0.2, 0.25) is 0 Å². The fraction of sp³-hybridized carbons (Fsp3) is 0.688. The van der Waals surface area contributed by atoms with Crippen LogP contribution >= 0.6 is 0 Å². The lowest BCUT2D eigenvalue weighted by Gasteiger charge is -2.42. The molecule has 0 aromatic carbocycles. The minimum atomic E-state index is -0.648. The van der Waals surface area contributed by atoms with Gasteiger partial charge in [0.25, 0.3) is 5.91 Å². The van der Waals surface area contributed by atoms with Gasteiger partial charge in [-0.2, -0.15) is 0 Å². The molecule has 3 heterocycles. The average Bonchev–Trinajstić information content (AvgIpc) is 2.82. The van der Waals surface area contributed by atoms with Crippen LogP contribution in [-0.2, 0) is 16.1 Å². The van der Waals surface area contributed by atoms with E-state index < -0.39 is 5.60 Å². The highest BCUT2D eigenvalue weighted by Crippen LogP contribution is 2.30. The molecule has 2 aliphatic heterocycles. The Kier molecular flexibility index (Phi) is 4.04. The average molecular weight is 292 g/mol. The zero-order chi connectivity index (χ0) is 14.9. The van der Waals surface area contributed by atoms with E-state index in [1.54, 1.807) is 0 Å². The standard InChI is InChI=1S/C16H24N2O3/c1-13-5-6-14(21-13)11-18-9-10-20-16(12-18)7-3-4-8-17(2)15(16)19/h5-6H,3-4,7-12H2,1-2H3. The van der Waals surface area contributed by atoms with Crippen molar-refractivity contribution in [3.8, 4) is 0 Å². The first kappa shape index (κ1) is 14.6. The van der Waals surface area contributed by atoms with E-state index in [-0.39, 0.29) is 5.91 Å². The maximum absolute atomic E-state index is 12.7. The quantitative estimate of drug-likeness (QED) is 0.834. The maximum Gasteiger partial charge on any atom is 0.255 e. The van der Waals surface area contributed by atoms with Gasteiger partial charge in [0.15, 0.2) is 5.60 Å². The van der Waals surface area contributed by atoms with Gasteiger partial charge >= 0.3 is 0 Å². The molecule has 0 bridgehead atoms. The Balaban J connectivity index is 1.73. The molecule has 0 N–H and O–H groups in total. The third-order valence-electron chi connectivity index (χ3n) is 4.50. The lowest BCUT2D eigenvalue weighted by atomic mass is 9.94. The lowest BCUT2D eigenvalue weighted by molar-refractivity contribution is -0.170. The normalized spacial score (nSPS) is 28.1. The number of hydrogen-bond acceptors (Lipinski definition) is 4. The summed E-state index contributed by atoms with van der Waals surface area (Å²) in [6.07, 6.45) is 2.93. The zero-order valence-corrected chi connectivity index (χ0v) is 12.9. The van der Waals surface area contributed by atoms with Gasteiger partial charge < -0.3 is 14.1 Å². The Morgan fingerprint density at radius 1 is 1.29 bits per heavy atom. The molecule has 1 atom stereocenters. The summed E-state index contributed by atoms with van der Waals surface area (Å²) < 4.78 is 11.6. The number of likely N-dealkylation sites (N-methyl/N-ethyl adjacent to an activating group) is 1. The summed E-state index contributed by atoms with van der Waals surface area (Å²) >= 11 is 0. The van der Waals surface area contributed by atoms with Gasteiger partial charge in [0.2, 0.25) is 0 Å². The van der Waals surface area contributed by atoms with Crippen molar-refractivity contribution in [2.24, 2.45) is 0 Å². The highest BCUT2D eigenvalue weighted by Gasteiger charge is 2.45. The van der Waals surface area contributed by atoms with E-state index in [2.05, 4.69) is 4.90 Å². The van der Waals surface area contributed by atoms with E-state index in [0.29, 0.717) is 13.2 Å². The Bertz CT molecular complexity index is 513. The first-order chi connectivity index (χ1) is 10.1. The summed E-state index contributed by atoms with van der Waals surface area (Å²) in [4.78, 5) is 16.8.